The van der Waals surface area contributed by atoms with E-state index >= 15 is 0 Å². The summed E-state index contributed by atoms with van der Waals surface area (Å²) in [6, 6.07) is -0.0992. The van der Waals surface area contributed by atoms with Gasteiger partial charge in [0.05, 0.1) is 18.1 Å². The molecule has 1 unspecified atom stereocenters. The number of rotatable bonds is 2. The number of nitrogens with zero attached hydrogens (tertiary/aromatic N) is 2. The molecule has 1 amide bonds. The molecule has 0 saturated carbocycles. The Kier molecular flexibility index (Phi) is 4.48. The van der Waals surface area contributed by atoms with Gasteiger partial charge in [-0.25, -0.2) is 9.78 Å². The molecule has 0 saturated heterocycles. The number of H-pyrrole nitrogens is 1. The second-order valence-electron chi connectivity index (χ2n) is 4.30. The summed E-state index contributed by atoms with van der Waals surface area (Å²) in [5.74, 6) is 0. The Morgan fingerprint density at radius 3 is 3.00 bits per heavy atom. The fraction of sp³-hybridized carbons (Fsp3) is 0.636. The topological polar surface area (TPSA) is 58.2 Å². The first-order chi connectivity index (χ1) is 8.92. The minimum absolute atomic E-state index is 0.0992. The number of nitrogens with one attached hydrogen (secondary N) is 1. The molecule has 1 atom stereocenters. The number of aromatic nitrogens is 2. The van der Waals surface area contributed by atoms with Crippen molar-refractivity contribution in [3.8, 4) is 0 Å². The molecule has 0 aliphatic carbocycles. The summed E-state index contributed by atoms with van der Waals surface area (Å²) in [7, 11) is 0. The molecule has 0 bridgehead atoms. The Hall–Kier alpha value is -0.650. The Labute approximate surface area is 126 Å². The van der Waals surface area contributed by atoms with Crippen LogP contribution >= 0.6 is 34.8 Å². The third kappa shape index (κ3) is 3.46. The van der Waals surface area contributed by atoms with Crippen molar-refractivity contribution in [2.75, 3.05) is 13.2 Å². The third-order valence-electron chi connectivity index (χ3n) is 3.03. The van der Waals surface area contributed by atoms with E-state index in [1.54, 1.807) is 11.2 Å². The van der Waals surface area contributed by atoms with E-state index in [4.69, 9.17) is 39.5 Å². The minimum Gasteiger partial charge on any atom is -0.445 e. The number of ether oxygens (including phenoxy) is 1. The van der Waals surface area contributed by atoms with Gasteiger partial charge in [0.15, 0.2) is 0 Å². The van der Waals surface area contributed by atoms with Crippen LogP contribution in [-0.2, 0) is 11.2 Å². The van der Waals surface area contributed by atoms with E-state index in [9.17, 15) is 4.79 Å². The standard InChI is InChI=1S/C11H14Cl3N3O2/c1-2-8-9-7(15-6-16-9)3-4-17(8)10(18)19-5-11(12,13)14/h6,8H,2-5H2,1H3,(H,15,16). The first-order valence-electron chi connectivity index (χ1n) is 5.94. The summed E-state index contributed by atoms with van der Waals surface area (Å²) in [5, 5.41) is 0. The number of halogens is 3. The van der Waals surface area contributed by atoms with Crippen molar-refractivity contribution in [2.45, 2.75) is 29.6 Å². The molecule has 2 rings (SSSR count). The maximum absolute atomic E-state index is 12.0. The van der Waals surface area contributed by atoms with Crippen molar-refractivity contribution in [1.29, 1.82) is 0 Å². The van der Waals surface area contributed by atoms with Gasteiger partial charge in [-0.3, -0.25) is 4.90 Å². The van der Waals surface area contributed by atoms with Crippen LogP contribution in [0, 0.1) is 0 Å². The van der Waals surface area contributed by atoms with Crippen LogP contribution in [-0.4, -0.2) is 37.9 Å². The number of carbonyl (C=O) groups is 1. The number of fused-ring (bicyclic) bond motifs is 1. The first kappa shape index (κ1) is 14.8. The molecule has 0 fully saturated rings. The lowest BCUT2D eigenvalue weighted by Gasteiger charge is -2.33. The van der Waals surface area contributed by atoms with E-state index < -0.39 is 9.89 Å². The molecule has 1 aliphatic rings. The normalized spacial score (nSPS) is 19.2. The van der Waals surface area contributed by atoms with E-state index in [0.717, 1.165) is 17.8 Å². The van der Waals surface area contributed by atoms with Crippen molar-refractivity contribution in [2.24, 2.45) is 0 Å². The highest BCUT2D eigenvalue weighted by Crippen LogP contribution is 2.31. The van der Waals surface area contributed by atoms with Crippen LogP contribution in [0.15, 0.2) is 6.33 Å². The third-order valence-corrected chi connectivity index (χ3v) is 3.35. The van der Waals surface area contributed by atoms with Crippen LogP contribution in [0.4, 0.5) is 4.79 Å². The van der Waals surface area contributed by atoms with Gasteiger partial charge in [0.25, 0.3) is 0 Å². The van der Waals surface area contributed by atoms with E-state index in [0.29, 0.717) is 13.0 Å². The highest BCUT2D eigenvalue weighted by molar-refractivity contribution is 6.67. The summed E-state index contributed by atoms with van der Waals surface area (Å²) in [5.41, 5.74) is 1.96. The lowest BCUT2D eigenvalue weighted by atomic mass is 10.0. The maximum Gasteiger partial charge on any atom is 0.410 e. The first-order valence-corrected chi connectivity index (χ1v) is 7.08. The SMILES string of the molecule is CCC1c2nc[nH]c2CCN1C(=O)OCC(Cl)(Cl)Cl. The molecular weight excluding hydrogens is 312 g/mol. The predicted octanol–water partition coefficient (Wildman–Crippen LogP) is 3.23. The number of alkyl halides is 3. The number of imidazole rings is 1. The van der Waals surface area contributed by atoms with Crippen LogP contribution in [0.3, 0.4) is 0 Å². The second-order valence-corrected chi connectivity index (χ2v) is 6.82. The monoisotopic (exact) mass is 325 g/mol. The van der Waals surface area contributed by atoms with Crippen LogP contribution in [0.2, 0.25) is 0 Å². The Bertz CT molecular complexity index is 458. The van der Waals surface area contributed by atoms with Crippen LogP contribution in [0.5, 0.6) is 0 Å². The second kappa shape index (κ2) is 5.77. The predicted molar refractivity (Wildman–Crippen MR) is 73.7 cm³/mol. The smallest absolute Gasteiger partial charge is 0.410 e. The lowest BCUT2D eigenvalue weighted by molar-refractivity contribution is 0.0818. The summed E-state index contributed by atoms with van der Waals surface area (Å²) >= 11 is 16.7. The van der Waals surface area contributed by atoms with Gasteiger partial charge in [0.2, 0.25) is 3.79 Å². The molecule has 0 spiro atoms. The molecule has 1 aliphatic heterocycles. The van der Waals surface area contributed by atoms with Gasteiger partial charge < -0.3 is 9.72 Å². The molecule has 19 heavy (non-hydrogen) atoms. The number of carbonyl (C=O) groups excluding carboxylic acids is 1. The van der Waals surface area contributed by atoms with Gasteiger partial charge in [-0.2, -0.15) is 0 Å². The molecular formula is C11H14Cl3N3O2. The molecule has 8 heteroatoms. The molecule has 5 nitrogen and oxygen atoms in total. The molecule has 2 heterocycles. The summed E-state index contributed by atoms with van der Waals surface area (Å²) in [6.07, 6.45) is 2.63. The molecule has 1 aromatic rings. The quantitative estimate of drug-likeness (QED) is 0.849. The molecule has 0 aromatic carbocycles. The Morgan fingerprint density at radius 1 is 1.63 bits per heavy atom. The van der Waals surface area contributed by atoms with E-state index in [1.807, 2.05) is 6.92 Å². The number of aromatic amines is 1. The largest absolute Gasteiger partial charge is 0.445 e. The highest BCUT2D eigenvalue weighted by Gasteiger charge is 2.33. The Morgan fingerprint density at radius 2 is 2.37 bits per heavy atom. The zero-order valence-corrected chi connectivity index (χ0v) is 12.6. The summed E-state index contributed by atoms with van der Waals surface area (Å²) in [4.78, 5) is 21.0. The van der Waals surface area contributed by atoms with Crippen LogP contribution in [0.25, 0.3) is 0 Å². The molecule has 1 N–H and O–H groups in total. The van der Waals surface area contributed by atoms with Crippen molar-refractivity contribution in [3.05, 3.63) is 17.7 Å². The fourth-order valence-electron chi connectivity index (χ4n) is 2.21. The highest BCUT2D eigenvalue weighted by atomic mass is 35.6. The fourth-order valence-corrected chi connectivity index (χ4v) is 2.38. The van der Waals surface area contributed by atoms with Gasteiger partial charge in [0, 0.05) is 18.7 Å². The average molecular weight is 327 g/mol. The lowest BCUT2D eigenvalue weighted by Crippen LogP contribution is -2.41. The van der Waals surface area contributed by atoms with E-state index in [1.165, 1.54) is 0 Å². The van der Waals surface area contributed by atoms with E-state index in [2.05, 4.69) is 9.97 Å². The van der Waals surface area contributed by atoms with Crippen molar-refractivity contribution < 1.29 is 9.53 Å². The molecule has 106 valence electrons. The molecule has 1 aromatic heterocycles. The van der Waals surface area contributed by atoms with E-state index in [-0.39, 0.29) is 12.6 Å². The average Bonchev–Trinajstić information content (AvgIpc) is 2.81. The van der Waals surface area contributed by atoms with Crippen LogP contribution < -0.4 is 0 Å². The number of hydrogen-bond acceptors (Lipinski definition) is 3. The molecule has 0 radical (unpaired) electrons. The zero-order valence-electron chi connectivity index (χ0n) is 10.3. The van der Waals surface area contributed by atoms with Gasteiger partial charge in [-0.05, 0) is 6.42 Å². The van der Waals surface area contributed by atoms with Gasteiger partial charge >= 0.3 is 6.09 Å². The maximum atomic E-state index is 12.0. The summed E-state index contributed by atoms with van der Waals surface area (Å²) < 4.78 is 3.43. The van der Waals surface area contributed by atoms with Crippen molar-refractivity contribution in [3.63, 3.8) is 0 Å². The van der Waals surface area contributed by atoms with Crippen LogP contribution in [0.1, 0.15) is 30.8 Å². The Balaban J connectivity index is 2.06. The number of amides is 1. The van der Waals surface area contributed by atoms with Gasteiger partial charge in [-0.15, -0.1) is 0 Å². The van der Waals surface area contributed by atoms with Crippen molar-refractivity contribution >= 4 is 40.9 Å². The number of hydrogen-bond donors (Lipinski definition) is 1. The summed E-state index contributed by atoms with van der Waals surface area (Å²) in [6.45, 7) is 2.28. The minimum atomic E-state index is -1.59. The van der Waals surface area contributed by atoms with Crippen molar-refractivity contribution in [1.82, 2.24) is 14.9 Å². The van der Waals surface area contributed by atoms with Gasteiger partial charge in [0.1, 0.15) is 6.61 Å². The van der Waals surface area contributed by atoms with Gasteiger partial charge in [-0.1, -0.05) is 41.7 Å². The zero-order chi connectivity index (χ0) is 14.0.